The summed E-state index contributed by atoms with van der Waals surface area (Å²) in [5.74, 6) is -0.187. The number of benzene rings is 2. The molecule has 2 saturated heterocycles. The van der Waals surface area contributed by atoms with Gasteiger partial charge in [-0.25, -0.2) is 4.39 Å². The predicted molar refractivity (Wildman–Crippen MR) is 115 cm³/mol. The van der Waals surface area contributed by atoms with E-state index in [4.69, 9.17) is 9.47 Å². The first-order valence-electron chi connectivity index (χ1n) is 10.6. The molecule has 31 heavy (non-hydrogen) atoms. The number of ether oxygens (including phenoxy) is 2. The molecule has 2 fully saturated rings. The van der Waals surface area contributed by atoms with Crippen LogP contribution < -0.4 is 15.0 Å². The molecule has 2 aliphatic rings. The Bertz CT molecular complexity index is 941. The second-order valence-electron chi connectivity index (χ2n) is 8.03. The van der Waals surface area contributed by atoms with Crippen molar-refractivity contribution < 1.29 is 23.5 Å². The maximum Gasteiger partial charge on any atom is 0.249 e. The lowest BCUT2D eigenvalue weighted by atomic mass is 9.73. The molecule has 0 saturated carbocycles. The minimum absolute atomic E-state index is 0.185. The van der Waals surface area contributed by atoms with Gasteiger partial charge in [-0.2, -0.15) is 0 Å². The number of rotatable bonds is 5. The van der Waals surface area contributed by atoms with Gasteiger partial charge >= 0.3 is 0 Å². The number of para-hydroxylation sites is 1. The molecule has 0 spiro atoms. The summed E-state index contributed by atoms with van der Waals surface area (Å²) in [6, 6.07) is 13.0. The van der Waals surface area contributed by atoms with Gasteiger partial charge in [0, 0.05) is 19.8 Å². The Morgan fingerprint density at radius 1 is 1.16 bits per heavy atom. The van der Waals surface area contributed by atoms with Crippen LogP contribution in [0, 0.1) is 5.82 Å². The summed E-state index contributed by atoms with van der Waals surface area (Å²) in [5, 5.41) is 2.99. The van der Waals surface area contributed by atoms with E-state index < -0.39 is 17.3 Å². The smallest absolute Gasteiger partial charge is 0.249 e. The van der Waals surface area contributed by atoms with E-state index >= 15 is 0 Å². The first kappa shape index (κ1) is 21.3. The summed E-state index contributed by atoms with van der Waals surface area (Å²) < 4.78 is 25.0. The Morgan fingerprint density at radius 2 is 1.87 bits per heavy atom. The van der Waals surface area contributed by atoms with Crippen LogP contribution in [0.3, 0.4) is 0 Å². The van der Waals surface area contributed by atoms with E-state index in [1.807, 2.05) is 24.3 Å². The maximum atomic E-state index is 14.3. The molecule has 0 aliphatic carbocycles. The van der Waals surface area contributed by atoms with E-state index in [0.29, 0.717) is 51.2 Å². The summed E-state index contributed by atoms with van der Waals surface area (Å²) in [6.07, 6.45) is 2.28. The average Bonchev–Trinajstić information content (AvgIpc) is 2.81. The van der Waals surface area contributed by atoms with Crippen LogP contribution in [0.15, 0.2) is 48.5 Å². The first-order chi connectivity index (χ1) is 15.0. The zero-order valence-electron chi connectivity index (χ0n) is 17.6. The second kappa shape index (κ2) is 9.06. The van der Waals surface area contributed by atoms with Crippen molar-refractivity contribution in [1.29, 1.82) is 0 Å². The topological polar surface area (TPSA) is 67.9 Å². The van der Waals surface area contributed by atoms with Crippen molar-refractivity contribution in [3.63, 3.8) is 0 Å². The number of carbonyl (C=O) groups is 2. The average molecular weight is 426 g/mol. The number of carbonyl (C=O) groups excluding carboxylic acids is 2. The van der Waals surface area contributed by atoms with E-state index in [0.717, 1.165) is 5.56 Å². The van der Waals surface area contributed by atoms with E-state index in [2.05, 4.69) is 5.32 Å². The molecule has 1 atom stereocenters. The zero-order chi connectivity index (χ0) is 21.8. The van der Waals surface area contributed by atoms with Gasteiger partial charge in [0.1, 0.15) is 17.6 Å². The summed E-state index contributed by atoms with van der Waals surface area (Å²) in [7, 11) is 1.60. The van der Waals surface area contributed by atoms with Crippen molar-refractivity contribution in [1.82, 2.24) is 5.32 Å². The number of nitrogens with one attached hydrogen (secondary N) is 1. The quantitative estimate of drug-likeness (QED) is 0.797. The van der Waals surface area contributed by atoms with Crippen molar-refractivity contribution in [2.24, 2.45) is 0 Å². The van der Waals surface area contributed by atoms with E-state index in [1.165, 1.54) is 11.0 Å². The van der Waals surface area contributed by atoms with Gasteiger partial charge in [0.15, 0.2) is 0 Å². The van der Waals surface area contributed by atoms with Crippen LogP contribution in [-0.4, -0.2) is 44.7 Å². The van der Waals surface area contributed by atoms with Crippen LogP contribution >= 0.6 is 0 Å². The standard InChI is InChI=1S/C24H27FN2O4/c1-30-18-10-8-17(9-11-18)24(12-15-31-16-13-24)23(29)26-20-6-4-14-27(22(20)28)21-7-3-2-5-19(21)25/h2-3,5,7-11,20H,4,6,12-16H2,1H3,(H,26,29). The molecule has 0 radical (unpaired) electrons. The zero-order valence-corrected chi connectivity index (χ0v) is 17.6. The van der Waals surface area contributed by atoms with Gasteiger partial charge in [-0.3, -0.25) is 9.59 Å². The number of anilines is 1. The normalized spacial score (nSPS) is 20.9. The van der Waals surface area contributed by atoms with Gasteiger partial charge in [-0.1, -0.05) is 24.3 Å². The fourth-order valence-corrected chi connectivity index (χ4v) is 4.49. The van der Waals surface area contributed by atoms with Gasteiger partial charge in [-0.15, -0.1) is 0 Å². The van der Waals surface area contributed by atoms with Crippen molar-refractivity contribution in [2.45, 2.75) is 37.1 Å². The molecule has 2 amide bonds. The molecule has 2 aromatic rings. The monoisotopic (exact) mass is 426 g/mol. The van der Waals surface area contributed by atoms with Crippen LogP contribution in [0.25, 0.3) is 0 Å². The predicted octanol–water partition coefficient (Wildman–Crippen LogP) is 3.19. The van der Waals surface area contributed by atoms with Crippen molar-refractivity contribution in [3.05, 3.63) is 59.9 Å². The molecular formula is C24H27FN2O4. The molecule has 7 heteroatoms. The van der Waals surface area contributed by atoms with E-state index in [-0.39, 0.29) is 17.5 Å². The largest absolute Gasteiger partial charge is 0.497 e. The van der Waals surface area contributed by atoms with E-state index in [9.17, 15) is 14.0 Å². The third-order valence-corrected chi connectivity index (χ3v) is 6.31. The molecule has 0 bridgehead atoms. The van der Waals surface area contributed by atoms with Crippen molar-refractivity contribution >= 4 is 17.5 Å². The summed E-state index contributed by atoms with van der Waals surface area (Å²) in [5.41, 5.74) is 0.358. The summed E-state index contributed by atoms with van der Waals surface area (Å²) in [6.45, 7) is 1.38. The number of halogens is 1. The Balaban J connectivity index is 1.56. The number of amides is 2. The molecule has 4 rings (SSSR count). The highest BCUT2D eigenvalue weighted by Gasteiger charge is 2.44. The van der Waals surface area contributed by atoms with Crippen LogP contribution in [0.4, 0.5) is 10.1 Å². The maximum absolute atomic E-state index is 14.3. The summed E-state index contributed by atoms with van der Waals surface area (Å²) >= 11 is 0. The molecular weight excluding hydrogens is 399 g/mol. The molecule has 2 aliphatic heterocycles. The molecule has 1 N–H and O–H groups in total. The number of piperidine rings is 1. The Morgan fingerprint density at radius 3 is 2.55 bits per heavy atom. The number of methoxy groups -OCH3 is 1. The van der Waals surface area contributed by atoms with Gasteiger partial charge < -0.3 is 19.7 Å². The van der Waals surface area contributed by atoms with E-state index in [1.54, 1.807) is 25.3 Å². The van der Waals surface area contributed by atoms with Crippen LogP contribution in [-0.2, 0) is 19.7 Å². The Hall–Kier alpha value is -2.93. The third kappa shape index (κ3) is 4.14. The Kier molecular flexibility index (Phi) is 6.23. The Labute approximate surface area is 181 Å². The molecule has 6 nitrogen and oxygen atoms in total. The van der Waals surface area contributed by atoms with Crippen LogP contribution in [0.2, 0.25) is 0 Å². The number of hydrogen-bond acceptors (Lipinski definition) is 4. The van der Waals surface area contributed by atoms with Gasteiger partial charge in [0.2, 0.25) is 11.8 Å². The third-order valence-electron chi connectivity index (χ3n) is 6.31. The summed E-state index contributed by atoms with van der Waals surface area (Å²) in [4.78, 5) is 28.1. The SMILES string of the molecule is COc1ccc(C2(C(=O)NC3CCCN(c4ccccc4F)C3=O)CCOCC2)cc1. The van der Waals surface area contributed by atoms with Crippen LogP contribution in [0.1, 0.15) is 31.2 Å². The van der Waals surface area contributed by atoms with Gasteiger partial charge in [0.25, 0.3) is 0 Å². The highest BCUT2D eigenvalue weighted by atomic mass is 19.1. The van der Waals surface area contributed by atoms with Crippen molar-refractivity contribution in [3.8, 4) is 5.75 Å². The molecule has 0 aromatic heterocycles. The van der Waals surface area contributed by atoms with Crippen LogP contribution in [0.5, 0.6) is 5.75 Å². The highest BCUT2D eigenvalue weighted by molar-refractivity contribution is 6.01. The molecule has 1 unspecified atom stereocenters. The second-order valence-corrected chi connectivity index (χ2v) is 8.03. The lowest BCUT2D eigenvalue weighted by Crippen LogP contribution is -2.57. The van der Waals surface area contributed by atoms with Gasteiger partial charge in [0.05, 0.1) is 18.2 Å². The lowest BCUT2D eigenvalue weighted by Gasteiger charge is -2.39. The fraction of sp³-hybridized carbons (Fsp3) is 0.417. The molecule has 2 heterocycles. The lowest BCUT2D eigenvalue weighted by molar-refractivity contribution is -0.134. The van der Waals surface area contributed by atoms with Crippen molar-refractivity contribution in [2.75, 3.05) is 31.8 Å². The molecule has 2 aromatic carbocycles. The first-order valence-corrected chi connectivity index (χ1v) is 10.6. The van der Waals surface area contributed by atoms with Gasteiger partial charge in [-0.05, 0) is 55.5 Å². The number of hydrogen-bond donors (Lipinski definition) is 1. The minimum Gasteiger partial charge on any atom is -0.497 e. The molecule has 164 valence electrons. The highest BCUT2D eigenvalue weighted by Crippen LogP contribution is 2.36. The minimum atomic E-state index is -0.773. The fourth-order valence-electron chi connectivity index (χ4n) is 4.49. The number of nitrogens with zero attached hydrogens (tertiary/aromatic N) is 1.